The van der Waals surface area contributed by atoms with E-state index in [1.54, 1.807) is 38.3 Å². The van der Waals surface area contributed by atoms with Crippen LogP contribution in [0.3, 0.4) is 0 Å². The van der Waals surface area contributed by atoms with Crippen LogP contribution in [0.2, 0.25) is 0 Å². The Labute approximate surface area is 159 Å². The van der Waals surface area contributed by atoms with Gasteiger partial charge in [0.2, 0.25) is 5.91 Å². The van der Waals surface area contributed by atoms with Gasteiger partial charge in [0.15, 0.2) is 11.5 Å². The summed E-state index contributed by atoms with van der Waals surface area (Å²) in [5.41, 5.74) is 8.57. The zero-order chi connectivity index (χ0) is 17.0. The van der Waals surface area contributed by atoms with E-state index in [-0.39, 0.29) is 43.3 Å². The average molecular weight is 391 g/mol. The molecule has 7 nitrogen and oxygen atoms in total. The van der Waals surface area contributed by atoms with Gasteiger partial charge in [0.25, 0.3) is 0 Å². The number of likely N-dealkylation sites (N-methyl/N-ethyl adjacent to an activating group) is 1. The van der Waals surface area contributed by atoms with E-state index in [0.29, 0.717) is 11.5 Å². The van der Waals surface area contributed by atoms with Crippen LogP contribution >= 0.6 is 24.8 Å². The lowest BCUT2D eigenvalue weighted by molar-refractivity contribution is -0.121. The standard InChI is InChI=1S/C16H22N4O3.2ClH/c1-10(17)11-5-13(16(23-4)14(6-11)22-3)12-7-19-20(8-12)9-15(21)18-2;;/h5-8,10H,9,17H2,1-4H3,(H,18,21);2*1H/t10-;;/m1../s1. The molecule has 1 amide bonds. The molecule has 2 rings (SSSR count). The fourth-order valence-electron chi connectivity index (χ4n) is 2.28. The van der Waals surface area contributed by atoms with Gasteiger partial charge in [-0.15, -0.1) is 24.8 Å². The van der Waals surface area contributed by atoms with Crippen molar-refractivity contribution in [1.29, 1.82) is 0 Å². The summed E-state index contributed by atoms with van der Waals surface area (Å²) in [5.74, 6) is 1.10. The second kappa shape index (κ2) is 10.1. The van der Waals surface area contributed by atoms with Crippen molar-refractivity contribution in [3.8, 4) is 22.6 Å². The topological polar surface area (TPSA) is 91.4 Å². The van der Waals surface area contributed by atoms with E-state index in [1.165, 1.54) is 0 Å². The highest BCUT2D eigenvalue weighted by Gasteiger charge is 2.17. The summed E-state index contributed by atoms with van der Waals surface area (Å²) in [6.07, 6.45) is 3.47. The van der Waals surface area contributed by atoms with Gasteiger partial charge < -0.3 is 20.5 Å². The molecule has 9 heteroatoms. The maximum absolute atomic E-state index is 11.5. The van der Waals surface area contributed by atoms with E-state index >= 15 is 0 Å². The Balaban J connectivity index is 0.00000288. The van der Waals surface area contributed by atoms with Gasteiger partial charge in [-0.3, -0.25) is 9.48 Å². The van der Waals surface area contributed by atoms with Crippen molar-refractivity contribution in [2.24, 2.45) is 5.73 Å². The number of carbonyl (C=O) groups is 1. The molecule has 1 heterocycles. The predicted octanol–water partition coefficient (Wildman–Crippen LogP) is 2.18. The van der Waals surface area contributed by atoms with Gasteiger partial charge >= 0.3 is 0 Å². The van der Waals surface area contributed by atoms with Crippen molar-refractivity contribution < 1.29 is 14.3 Å². The Bertz CT molecular complexity index is 705. The zero-order valence-corrected chi connectivity index (χ0v) is 16.2. The van der Waals surface area contributed by atoms with Crippen molar-refractivity contribution in [3.05, 3.63) is 30.1 Å². The summed E-state index contributed by atoms with van der Waals surface area (Å²) in [6.45, 7) is 2.06. The van der Waals surface area contributed by atoms with Crippen LogP contribution in [0.25, 0.3) is 11.1 Å². The van der Waals surface area contributed by atoms with Gasteiger partial charge in [0, 0.05) is 30.4 Å². The molecule has 1 aromatic heterocycles. The molecule has 0 radical (unpaired) electrons. The van der Waals surface area contributed by atoms with Gasteiger partial charge in [-0.25, -0.2) is 0 Å². The van der Waals surface area contributed by atoms with Crippen LogP contribution in [0.1, 0.15) is 18.5 Å². The molecule has 0 fully saturated rings. The Hall–Kier alpha value is -1.96. The van der Waals surface area contributed by atoms with Gasteiger partial charge in [0.1, 0.15) is 6.54 Å². The number of halogens is 2. The molecule has 0 bridgehead atoms. The number of hydrogen-bond donors (Lipinski definition) is 2. The van der Waals surface area contributed by atoms with Crippen LogP contribution in [0.15, 0.2) is 24.5 Å². The van der Waals surface area contributed by atoms with Crippen molar-refractivity contribution in [1.82, 2.24) is 15.1 Å². The maximum Gasteiger partial charge on any atom is 0.241 e. The average Bonchev–Trinajstić information content (AvgIpc) is 3.01. The lowest BCUT2D eigenvalue weighted by Gasteiger charge is -2.16. The first-order chi connectivity index (χ1) is 11.0. The molecule has 1 atom stereocenters. The number of aromatic nitrogens is 2. The Morgan fingerprint density at radius 2 is 2.00 bits per heavy atom. The summed E-state index contributed by atoms with van der Waals surface area (Å²) in [7, 11) is 4.76. The van der Waals surface area contributed by atoms with Crippen LogP contribution in [0.5, 0.6) is 11.5 Å². The van der Waals surface area contributed by atoms with Gasteiger partial charge in [-0.1, -0.05) is 0 Å². The molecule has 1 aromatic carbocycles. The highest BCUT2D eigenvalue weighted by Crippen LogP contribution is 2.40. The summed E-state index contributed by atoms with van der Waals surface area (Å²) < 4.78 is 12.5. The highest BCUT2D eigenvalue weighted by atomic mass is 35.5. The number of benzene rings is 1. The smallest absolute Gasteiger partial charge is 0.241 e. The number of nitrogens with one attached hydrogen (secondary N) is 1. The summed E-state index contributed by atoms with van der Waals surface area (Å²) in [5, 5.41) is 6.78. The number of rotatable bonds is 6. The quantitative estimate of drug-likeness (QED) is 0.788. The van der Waals surface area contributed by atoms with Gasteiger partial charge in [0.05, 0.1) is 20.4 Å². The third-order valence-corrected chi connectivity index (χ3v) is 3.56. The monoisotopic (exact) mass is 390 g/mol. The van der Waals surface area contributed by atoms with E-state index in [2.05, 4.69) is 10.4 Å². The largest absolute Gasteiger partial charge is 0.493 e. The number of nitrogens with two attached hydrogens (primary N) is 1. The number of amides is 1. The highest BCUT2D eigenvalue weighted by molar-refractivity contribution is 5.85. The molecule has 0 saturated carbocycles. The molecule has 0 unspecified atom stereocenters. The summed E-state index contributed by atoms with van der Waals surface area (Å²) in [6, 6.07) is 3.67. The number of methoxy groups -OCH3 is 2. The molecule has 3 N–H and O–H groups in total. The minimum absolute atomic E-state index is 0. The first-order valence-electron chi connectivity index (χ1n) is 7.25. The Kier molecular flexibility index (Phi) is 9.33. The Morgan fingerprint density at radius 1 is 1.32 bits per heavy atom. The molecular formula is C16H24Cl2N4O3. The molecule has 140 valence electrons. The molecule has 0 aliphatic rings. The van der Waals surface area contributed by atoms with Crippen molar-refractivity contribution in [3.63, 3.8) is 0 Å². The van der Waals surface area contributed by atoms with Gasteiger partial charge in [-0.2, -0.15) is 5.10 Å². The van der Waals surface area contributed by atoms with Crippen molar-refractivity contribution in [2.75, 3.05) is 21.3 Å². The fourth-order valence-corrected chi connectivity index (χ4v) is 2.28. The van der Waals surface area contributed by atoms with Gasteiger partial charge in [-0.05, 0) is 24.6 Å². The predicted molar refractivity (Wildman–Crippen MR) is 102 cm³/mol. The third kappa shape index (κ3) is 5.26. The van der Waals surface area contributed by atoms with Crippen LogP contribution in [0.4, 0.5) is 0 Å². The number of carbonyl (C=O) groups excluding carboxylic acids is 1. The van der Waals surface area contributed by atoms with Crippen molar-refractivity contribution in [2.45, 2.75) is 19.5 Å². The Morgan fingerprint density at radius 3 is 2.52 bits per heavy atom. The van der Waals surface area contributed by atoms with Crippen molar-refractivity contribution >= 4 is 30.7 Å². The molecule has 0 aliphatic carbocycles. The third-order valence-electron chi connectivity index (χ3n) is 3.56. The molecule has 2 aromatic rings. The maximum atomic E-state index is 11.5. The normalized spacial score (nSPS) is 10.9. The minimum Gasteiger partial charge on any atom is -0.493 e. The van der Waals surface area contributed by atoms with Crippen LogP contribution in [-0.2, 0) is 11.3 Å². The van der Waals surface area contributed by atoms with E-state index in [1.807, 2.05) is 19.1 Å². The summed E-state index contributed by atoms with van der Waals surface area (Å²) in [4.78, 5) is 11.5. The summed E-state index contributed by atoms with van der Waals surface area (Å²) >= 11 is 0. The number of nitrogens with zero attached hydrogens (tertiary/aromatic N) is 2. The molecular weight excluding hydrogens is 367 g/mol. The van der Waals surface area contributed by atoms with E-state index < -0.39 is 0 Å². The van der Waals surface area contributed by atoms with E-state index in [0.717, 1.165) is 16.7 Å². The lowest BCUT2D eigenvalue weighted by atomic mass is 10.0. The first kappa shape index (κ1) is 23.0. The molecule has 0 aliphatic heterocycles. The van der Waals surface area contributed by atoms with Crippen LogP contribution in [-0.4, -0.2) is 37.0 Å². The number of hydrogen-bond acceptors (Lipinski definition) is 5. The van der Waals surface area contributed by atoms with Crippen LogP contribution in [0, 0.1) is 0 Å². The van der Waals surface area contributed by atoms with E-state index in [9.17, 15) is 4.79 Å². The zero-order valence-electron chi connectivity index (χ0n) is 14.6. The SMILES string of the molecule is CNC(=O)Cn1cc(-c2cc([C@@H](C)N)cc(OC)c2OC)cn1.Cl.Cl. The second-order valence-corrected chi connectivity index (χ2v) is 5.19. The molecule has 0 spiro atoms. The van der Waals surface area contributed by atoms with E-state index in [4.69, 9.17) is 15.2 Å². The molecule has 25 heavy (non-hydrogen) atoms. The number of ether oxygens (including phenoxy) is 2. The lowest BCUT2D eigenvalue weighted by Crippen LogP contribution is -2.23. The van der Waals surface area contributed by atoms with Crippen LogP contribution < -0.4 is 20.5 Å². The second-order valence-electron chi connectivity index (χ2n) is 5.19. The fraction of sp³-hybridized carbons (Fsp3) is 0.375. The molecule has 0 saturated heterocycles. The minimum atomic E-state index is -0.144. The first-order valence-corrected chi connectivity index (χ1v) is 7.25.